The van der Waals surface area contributed by atoms with E-state index in [1.54, 1.807) is 18.2 Å². The van der Waals surface area contributed by atoms with Crippen molar-refractivity contribution in [2.24, 2.45) is 0 Å². The Morgan fingerprint density at radius 1 is 1.19 bits per heavy atom. The van der Waals surface area contributed by atoms with Crippen LogP contribution in [0.3, 0.4) is 0 Å². The van der Waals surface area contributed by atoms with Crippen LogP contribution in [-0.4, -0.2) is 29.2 Å². The molecular formula is C20H20ClN3O3. The van der Waals surface area contributed by atoms with E-state index in [1.807, 2.05) is 38.1 Å². The Balaban J connectivity index is 1.43. The molecule has 27 heavy (non-hydrogen) atoms. The average molecular weight is 386 g/mol. The predicted molar refractivity (Wildman–Crippen MR) is 103 cm³/mol. The summed E-state index contributed by atoms with van der Waals surface area (Å²) in [6, 6.07) is 13.1. The Morgan fingerprint density at radius 2 is 1.96 bits per heavy atom. The van der Waals surface area contributed by atoms with Gasteiger partial charge in [0.15, 0.2) is 6.61 Å². The number of nitrogens with zero attached hydrogens (tertiary/aromatic N) is 2. The van der Waals surface area contributed by atoms with Crippen LogP contribution in [0.15, 0.2) is 47.0 Å². The second-order valence-corrected chi connectivity index (χ2v) is 6.58. The third-order valence-corrected chi connectivity index (χ3v) is 4.36. The van der Waals surface area contributed by atoms with E-state index in [4.69, 9.17) is 20.9 Å². The molecule has 3 rings (SSSR count). The van der Waals surface area contributed by atoms with Crippen molar-refractivity contribution in [1.29, 1.82) is 0 Å². The number of halogens is 1. The molecule has 0 radical (unpaired) electrons. The lowest BCUT2D eigenvalue weighted by Gasteiger charge is -2.08. The molecule has 0 fully saturated rings. The number of carbonyl (C=O) groups is 1. The molecule has 0 bridgehead atoms. The molecule has 0 aliphatic heterocycles. The van der Waals surface area contributed by atoms with Crippen molar-refractivity contribution in [3.8, 4) is 17.1 Å². The van der Waals surface area contributed by atoms with Gasteiger partial charge in [0.1, 0.15) is 5.75 Å². The lowest BCUT2D eigenvalue weighted by molar-refractivity contribution is -0.123. The minimum Gasteiger partial charge on any atom is -0.484 e. The first-order valence-electron chi connectivity index (χ1n) is 8.56. The van der Waals surface area contributed by atoms with Gasteiger partial charge in [0.05, 0.1) is 0 Å². The smallest absolute Gasteiger partial charge is 0.257 e. The van der Waals surface area contributed by atoms with Gasteiger partial charge in [-0.2, -0.15) is 4.98 Å². The lowest BCUT2D eigenvalue weighted by atomic mass is 10.1. The number of nitrogens with one attached hydrogen (secondary N) is 1. The van der Waals surface area contributed by atoms with Crippen LogP contribution in [0.25, 0.3) is 11.4 Å². The van der Waals surface area contributed by atoms with Gasteiger partial charge in [0, 0.05) is 23.6 Å². The Bertz CT molecular complexity index is 922. The molecule has 0 saturated carbocycles. The third-order valence-electron chi connectivity index (χ3n) is 3.94. The molecule has 1 heterocycles. The van der Waals surface area contributed by atoms with E-state index >= 15 is 0 Å². The van der Waals surface area contributed by atoms with Gasteiger partial charge in [-0.3, -0.25) is 4.79 Å². The summed E-state index contributed by atoms with van der Waals surface area (Å²) in [6.07, 6.45) is 0.449. The lowest BCUT2D eigenvalue weighted by Crippen LogP contribution is -2.30. The topological polar surface area (TPSA) is 77.2 Å². The minimum absolute atomic E-state index is 0.0699. The molecule has 1 amide bonds. The highest BCUT2D eigenvalue weighted by molar-refractivity contribution is 6.31. The number of ether oxygens (including phenoxy) is 1. The quantitative estimate of drug-likeness (QED) is 0.670. The molecule has 0 spiro atoms. The maximum Gasteiger partial charge on any atom is 0.257 e. The fourth-order valence-corrected chi connectivity index (χ4v) is 2.51. The van der Waals surface area contributed by atoms with Crippen LogP contribution in [-0.2, 0) is 11.2 Å². The first kappa shape index (κ1) is 18.9. The van der Waals surface area contributed by atoms with E-state index in [1.165, 1.54) is 5.56 Å². The number of aryl methyl sites for hydroxylation is 2. The fourth-order valence-electron chi connectivity index (χ4n) is 2.39. The molecule has 7 heteroatoms. The van der Waals surface area contributed by atoms with Gasteiger partial charge in [0.2, 0.25) is 11.7 Å². The van der Waals surface area contributed by atoms with Gasteiger partial charge in [0.25, 0.3) is 5.91 Å². The average Bonchev–Trinajstić information content (AvgIpc) is 3.12. The highest BCUT2D eigenvalue weighted by Crippen LogP contribution is 2.21. The van der Waals surface area contributed by atoms with Gasteiger partial charge in [-0.15, -0.1) is 0 Å². The molecule has 0 aliphatic carbocycles. The van der Waals surface area contributed by atoms with E-state index in [9.17, 15) is 4.79 Å². The van der Waals surface area contributed by atoms with Crippen LogP contribution in [0.4, 0.5) is 0 Å². The van der Waals surface area contributed by atoms with Crippen LogP contribution in [0.1, 0.15) is 17.0 Å². The highest BCUT2D eigenvalue weighted by atomic mass is 35.5. The molecule has 6 nitrogen and oxygen atoms in total. The van der Waals surface area contributed by atoms with Crippen molar-refractivity contribution >= 4 is 17.5 Å². The Morgan fingerprint density at radius 3 is 2.70 bits per heavy atom. The first-order valence-corrected chi connectivity index (χ1v) is 8.94. The molecule has 1 N–H and O–H groups in total. The number of benzene rings is 2. The second-order valence-electron chi connectivity index (χ2n) is 6.18. The number of hydrogen-bond acceptors (Lipinski definition) is 5. The van der Waals surface area contributed by atoms with Crippen molar-refractivity contribution in [2.75, 3.05) is 13.2 Å². The molecule has 1 aromatic heterocycles. The molecule has 140 valence electrons. The van der Waals surface area contributed by atoms with Gasteiger partial charge >= 0.3 is 0 Å². The Hall–Kier alpha value is -2.86. The van der Waals surface area contributed by atoms with E-state index in [-0.39, 0.29) is 12.5 Å². The standard InChI is InChI=1S/C20H20ClN3O3/c1-13-3-5-15(6-4-13)20-23-19(27-24-20)9-10-22-18(25)12-26-16-7-8-17(21)14(2)11-16/h3-8,11H,9-10,12H2,1-2H3,(H,22,25). The number of amides is 1. The van der Waals surface area contributed by atoms with E-state index in [0.29, 0.717) is 35.5 Å². The van der Waals surface area contributed by atoms with E-state index in [0.717, 1.165) is 11.1 Å². The summed E-state index contributed by atoms with van der Waals surface area (Å²) < 4.78 is 10.7. The summed E-state index contributed by atoms with van der Waals surface area (Å²) in [6.45, 7) is 4.22. The summed E-state index contributed by atoms with van der Waals surface area (Å²) in [7, 11) is 0. The zero-order valence-corrected chi connectivity index (χ0v) is 15.9. The summed E-state index contributed by atoms with van der Waals surface area (Å²) in [5.41, 5.74) is 2.96. The number of aromatic nitrogens is 2. The van der Waals surface area contributed by atoms with Gasteiger partial charge < -0.3 is 14.6 Å². The molecule has 3 aromatic rings. The summed E-state index contributed by atoms with van der Waals surface area (Å²) in [5, 5.41) is 7.40. The zero-order valence-electron chi connectivity index (χ0n) is 15.2. The van der Waals surface area contributed by atoms with Crippen molar-refractivity contribution in [1.82, 2.24) is 15.5 Å². The number of hydrogen-bond donors (Lipinski definition) is 1. The molecule has 0 unspecified atom stereocenters. The molecule has 0 atom stereocenters. The summed E-state index contributed by atoms with van der Waals surface area (Å²) in [4.78, 5) is 16.2. The van der Waals surface area contributed by atoms with Crippen molar-refractivity contribution < 1.29 is 14.1 Å². The van der Waals surface area contributed by atoms with Crippen LogP contribution in [0.5, 0.6) is 5.75 Å². The SMILES string of the molecule is Cc1ccc(-c2noc(CCNC(=O)COc3ccc(Cl)c(C)c3)n2)cc1. The maximum atomic E-state index is 11.9. The molecule has 0 aliphatic rings. The van der Waals surface area contributed by atoms with Crippen LogP contribution in [0.2, 0.25) is 5.02 Å². The summed E-state index contributed by atoms with van der Waals surface area (Å²) in [5.74, 6) is 1.39. The van der Waals surface area contributed by atoms with Crippen molar-refractivity contribution in [3.63, 3.8) is 0 Å². The van der Waals surface area contributed by atoms with E-state index in [2.05, 4.69) is 15.5 Å². The first-order chi connectivity index (χ1) is 13.0. The minimum atomic E-state index is -0.221. The zero-order chi connectivity index (χ0) is 19.2. The monoisotopic (exact) mass is 385 g/mol. The van der Waals surface area contributed by atoms with Gasteiger partial charge in [-0.25, -0.2) is 0 Å². The maximum absolute atomic E-state index is 11.9. The highest BCUT2D eigenvalue weighted by Gasteiger charge is 2.09. The normalized spacial score (nSPS) is 10.6. The van der Waals surface area contributed by atoms with Crippen LogP contribution in [0, 0.1) is 13.8 Å². The Kier molecular flexibility index (Phi) is 6.08. The molecular weight excluding hydrogens is 366 g/mol. The number of rotatable bonds is 7. The van der Waals surface area contributed by atoms with Crippen LogP contribution >= 0.6 is 11.6 Å². The molecule has 0 saturated heterocycles. The van der Waals surface area contributed by atoms with Crippen LogP contribution < -0.4 is 10.1 Å². The number of carbonyl (C=O) groups excluding carboxylic acids is 1. The predicted octanol–water partition coefficient (Wildman–Crippen LogP) is 3.74. The van der Waals surface area contributed by atoms with Crippen molar-refractivity contribution in [2.45, 2.75) is 20.3 Å². The van der Waals surface area contributed by atoms with Gasteiger partial charge in [-0.05, 0) is 37.6 Å². The van der Waals surface area contributed by atoms with Gasteiger partial charge in [-0.1, -0.05) is 46.6 Å². The largest absolute Gasteiger partial charge is 0.484 e. The van der Waals surface area contributed by atoms with E-state index < -0.39 is 0 Å². The van der Waals surface area contributed by atoms with Crippen molar-refractivity contribution in [3.05, 3.63) is 64.5 Å². The third kappa shape index (κ3) is 5.31. The fraction of sp³-hybridized carbons (Fsp3) is 0.250. The molecule has 2 aromatic carbocycles. The summed E-state index contributed by atoms with van der Waals surface area (Å²) >= 11 is 5.96. The Labute approximate surface area is 162 Å². The second kappa shape index (κ2) is 8.68.